The van der Waals surface area contributed by atoms with E-state index in [2.05, 4.69) is 207 Å². The third-order valence-electron chi connectivity index (χ3n) is 11.1. The van der Waals surface area contributed by atoms with Gasteiger partial charge in [-0.3, -0.25) is 0 Å². The van der Waals surface area contributed by atoms with Crippen LogP contribution >= 0.6 is 17.0 Å². The Kier molecular flexibility index (Phi) is 15.9. The fourth-order valence-electron chi connectivity index (χ4n) is 8.36. The molecule has 0 aromatic heterocycles. The van der Waals surface area contributed by atoms with Crippen molar-refractivity contribution >= 4 is 58.5 Å². The first-order valence-corrected chi connectivity index (χ1v) is 28.6. The van der Waals surface area contributed by atoms with Gasteiger partial charge in [0.2, 0.25) is 0 Å². The first-order chi connectivity index (χ1) is 28.9. The maximum atomic E-state index is 4.93. The number of halogens is 2. The van der Waals surface area contributed by atoms with Crippen molar-refractivity contribution in [2.75, 3.05) is 0 Å². The molecule has 9 rings (SSSR count). The quantitative estimate of drug-likeness (QED) is 0.115. The molecule has 1 aliphatic heterocycles. The van der Waals surface area contributed by atoms with E-state index in [-0.39, 0.29) is 10.8 Å². The van der Waals surface area contributed by atoms with E-state index >= 15 is 0 Å². The van der Waals surface area contributed by atoms with Crippen LogP contribution in [-0.4, -0.2) is 9.52 Å². The monoisotopic (exact) mass is 917 g/mol. The molecule has 0 spiro atoms. The van der Waals surface area contributed by atoms with Crippen molar-refractivity contribution in [1.29, 1.82) is 0 Å². The third kappa shape index (κ3) is 11.0. The van der Waals surface area contributed by atoms with Gasteiger partial charge >= 0.3 is 37.9 Å². The van der Waals surface area contributed by atoms with Crippen LogP contribution in [0.4, 0.5) is 0 Å². The maximum absolute atomic E-state index is 4.93. The summed E-state index contributed by atoms with van der Waals surface area (Å²) < 4.78 is 0. The van der Waals surface area contributed by atoms with Crippen molar-refractivity contribution in [3.05, 3.63) is 180 Å². The van der Waals surface area contributed by atoms with Gasteiger partial charge in [0.15, 0.2) is 0 Å². The predicted molar refractivity (Wildman–Crippen MR) is 263 cm³/mol. The SMILES string of the molecule is CCCc1cc2c(-c3ccccc3)c(C(C)(C)C)ccc2[cH-]1.CCCc1cc2c(-c3ccccc3)c(C(C)(C)C)ccc2[cH-]1.[Cl][Zr][Cl].[c-]1cccc2c1[Si]c1ccccc1-2. The van der Waals surface area contributed by atoms with Gasteiger partial charge in [-0.2, -0.15) is 41.6 Å². The molecule has 0 amide bonds. The molecule has 8 aromatic carbocycles. The number of hydrogen-bond donors (Lipinski definition) is 0. The molecule has 0 nitrogen and oxygen atoms in total. The van der Waals surface area contributed by atoms with Crippen LogP contribution in [0.3, 0.4) is 0 Å². The maximum Gasteiger partial charge on any atom is 0.0920 e. The zero-order valence-electron chi connectivity index (χ0n) is 36.5. The Morgan fingerprint density at radius 2 is 0.983 bits per heavy atom. The molecule has 306 valence electrons. The molecule has 60 heavy (non-hydrogen) atoms. The number of hydrogen-bond acceptors (Lipinski definition) is 0. The van der Waals surface area contributed by atoms with E-state index in [0.717, 1.165) is 22.4 Å². The topological polar surface area (TPSA) is 0 Å². The van der Waals surface area contributed by atoms with E-state index in [0.29, 0.717) is 0 Å². The molecule has 0 saturated carbocycles. The van der Waals surface area contributed by atoms with E-state index in [4.69, 9.17) is 17.0 Å². The van der Waals surface area contributed by atoms with Gasteiger partial charge in [-0.25, -0.2) is 0 Å². The summed E-state index contributed by atoms with van der Waals surface area (Å²) in [5, 5.41) is 8.37. The molecule has 1 heterocycles. The van der Waals surface area contributed by atoms with Crippen LogP contribution in [0, 0.1) is 6.07 Å². The normalized spacial score (nSPS) is 11.7. The Labute approximate surface area is 381 Å². The van der Waals surface area contributed by atoms with Crippen molar-refractivity contribution < 1.29 is 20.8 Å². The molecule has 0 saturated heterocycles. The molecule has 1 aliphatic rings. The van der Waals surface area contributed by atoms with Crippen molar-refractivity contribution in [3.8, 4) is 33.4 Å². The van der Waals surface area contributed by atoms with E-state index in [1.54, 1.807) is 0 Å². The summed E-state index contributed by atoms with van der Waals surface area (Å²) in [6, 6.07) is 58.6. The van der Waals surface area contributed by atoms with Crippen LogP contribution in [0.5, 0.6) is 0 Å². The van der Waals surface area contributed by atoms with Gasteiger partial charge in [0.1, 0.15) is 0 Å². The van der Waals surface area contributed by atoms with Gasteiger partial charge in [-0.1, -0.05) is 186 Å². The van der Waals surface area contributed by atoms with Crippen LogP contribution in [-0.2, 0) is 44.5 Å². The smallest absolute Gasteiger partial charge is 0.0920 e. The fourth-order valence-corrected chi connectivity index (χ4v) is 9.67. The number of benzene rings is 6. The van der Waals surface area contributed by atoms with E-state index in [9.17, 15) is 0 Å². The second-order valence-electron chi connectivity index (χ2n) is 17.6. The summed E-state index contributed by atoms with van der Waals surface area (Å²) in [6.45, 7) is 18.3. The molecule has 0 unspecified atom stereocenters. The van der Waals surface area contributed by atoms with Gasteiger partial charge in [-0.05, 0) is 34.8 Å². The molecule has 0 bridgehead atoms. The first-order valence-electron chi connectivity index (χ1n) is 21.3. The minimum absolute atomic E-state index is 0.140. The molecular formula is C56H57Cl2SiZr-3. The average Bonchev–Trinajstić information content (AvgIpc) is 3.96. The second-order valence-corrected chi connectivity index (χ2v) is 22.7. The van der Waals surface area contributed by atoms with Crippen molar-refractivity contribution in [3.63, 3.8) is 0 Å². The molecule has 0 atom stereocenters. The van der Waals surface area contributed by atoms with Gasteiger partial charge in [0.05, 0.1) is 9.52 Å². The fraction of sp³-hybridized carbons (Fsp3) is 0.250. The molecule has 8 aromatic rings. The van der Waals surface area contributed by atoms with Crippen LogP contribution in [0.25, 0.3) is 54.9 Å². The summed E-state index contributed by atoms with van der Waals surface area (Å²) in [6.07, 6.45) is 4.72. The Hall–Kier alpha value is -3.78. The van der Waals surface area contributed by atoms with E-state index in [1.807, 2.05) is 6.07 Å². The van der Waals surface area contributed by atoms with Crippen molar-refractivity contribution in [2.24, 2.45) is 0 Å². The zero-order valence-corrected chi connectivity index (χ0v) is 41.5. The summed E-state index contributed by atoms with van der Waals surface area (Å²) in [7, 11) is 10.7. The van der Waals surface area contributed by atoms with E-state index in [1.165, 1.54) is 100 Å². The molecule has 2 radical (unpaired) electrons. The molecule has 0 fully saturated rings. The van der Waals surface area contributed by atoms with Gasteiger partial charge in [-0.15, -0.1) is 74.6 Å². The molecular weight excluding hydrogens is 863 g/mol. The molecule has 0 N–H and O–H groups in total. The predicted octanol–water partition coefficient (Wildman–Crippen LogP) is 15.5. The minimum Gasteiger partial charge on any atom is -0.184 e. The summed E-state index contributed by atoms with van der Waals surface area (Å²) in [5.74, 6) is 0. The third-order valence-corrected chi connectivity index (χ3v) is 12.4. The van der Waals surface area contributed by atoms with Crippen molar-refractivity contribution in [1.82, 2.24) is 0 Å². The second kappa shape index (κ2) is 20.9. The Balaban J connectivity index is 0.000000150. The largest absolute Gasteiger partial charge is 0.184 e. The van der Waals surface area contributed by atoms with Crippen molar-refractivity contribution in [2.45, 2.75) is 91.9 Å². The average molecular weight is 920 g/mol. The number of fused-ring (bicyclic) bond motifs is 5. The Bertz CT molecular complexity index is 2420. The van der Waals surface area contributed by atoms with Gasteiger partial charge in [0, 0.05) is 0 Å². The zero-order chi connectivity index (χ0) is 42.9. The number of rotatable bonds is 6. The Morgan fingerprint density at radius 3 is 1.43 bits per heavy atom. The van der Waals surface area contributed by atoms with Crippen LogP contribution < -0.4 is 10.4 Å². The number of aryl methyl sites for hydroxylation is 2. The minimum atomic E-state index is -0.826. The Morgan fingerprint density at radius 1 is 0.550 bits per heavy atom. The molecule has 0 aliphatic carbocycles. The standard InChI is InChI=1S/2C22H25.C12H7Si.2ClH.Zr/c2*1-5-9-16-14-18-12-13-20(22(2,3)4)21(19(18)15-16)17-10-7-6-8-11-17;1-3-7-11-9(5-1)10-6-2-4-8-12(10)13-11;;;/h2*6-8,10-15H,5,9H2,1-4H3;1-7H;2*1H;/q3*-1;;;+2/p-2. The summed E-state index contributed by atoms with van der Waals surface area (Å²) >= 11 is -0.826. The molecule has 4 heteroatoms. The first kappa shape index (κ1) is 45.7. The van der Waals surface area contributed by atoms with Crippen LogP contribution in [0.1, 0.15) is 90.5 Å². The van der Waals surface area contributed by atoms with Gasteiger partial charge < -0.3 is 0 Å². The van der Waals surface area contributed by atoms with Gasteiger partial charge in [0.25, 0.3) is 0 Å². The van der Waals surface area contributed by atoms with Crippen LogP contribution in [0.15, 0.2) is 152 Å². The summed E-state index contributed by atoms with van der Waals surface area (Å²) in [5.41, 5.74) is 14.3. The van der Waals surface area contributed by atoms with Crippen LogP contribution in [0.2, 0.25) is 0 Å². The summed E-state index contributed by atoms with van der Waals surface area (Å²) in [4.78, 5) is 0. The van der Waals surface area contributed by atoms with E-state index < -0.39 is 20.8 Å².